The highest BCUT2D eigenvalue weighted by Gasteiger charge is 2.19. The first-order valence-electron chi connectivity index (χ1n) is 6.63. The maximum absolute atomic E-state index is 11.6. The Morgan fingerprint density at radius 3 is 2.24 bits per heavy atom. The summed E-state index contributed by atoms with van der Waals surface area (Å²) in [6.45, 7) is 8.46. The highest BCUT2D eigenvalue weighted by molar-refractivity contribution is 5.81. The average Bonchev–Trinajstić information content (AvgIpc) is 2.26. The van der Waals surface area contributed by atoms with E-state index in [-0.39, 0.29) is 11.8 Å². The van der Waals surface area contributed by atoms with Gasteiger partial charge >= 0.3 is 0 Å². The van der Waals surface area contributed by atoms with Crippen molar-refractivity contribution < 1.29 is 9.90 Å². The van der Waals surface area contributed by atoms with Gasteiger partial charge in [0.2, 0.25) is 5.91 Å². The summed E-state index contributed by atoms with van der Waals surface area (Å²) in [5, 5.41) is 12.6. The molecular weight excluding hydrogens is 216 g/mol. The molecule has 0 bridgehead atoms. The summed E-state index contributed by atoms with van der Waals surface area (Å²) in [7, 11) is 0. The molecule has 4 N–H and O–H groups in total. The lowest BCUT2D eigenvalue weighted by atomic mass is 9.96. The number of amides is 1. The summed E-state index contributed by atoms with van der Waals surface area (Å²) in [4.78, 5) is 11.6. The zero-order chi connectivity index (χ0) is 13.4. The van der Waals surface area contributed by atoms with Crippen LogP contribution in [0.3, 0.4) is 0 Å². The normalized spacial score (nSPS) is 15.1. The van der Waals surface area contributed by atoms with Gasteiger partial charge in [-0.15, -0.1) is 0 Å². The lowest BCUT2D eigenvalue weighted by molar-refractivity contribution is -0.123. The number of nitrogens with two attached hydrogens (primary N) is 1. The fraction of sp³-hybridized carbons (Fsp3) is 0.923. The van der Waals surface area contributed by atoms with Crippen LogP contribution >= 0.6 is 0 Å². The van der Waals surface area contributed by atoms with Gasteiger partial charge in [0.1, 0.15) is 0 Å². The summed E-state index contributed by atoms with van der Waals surface area (Å²) in [5.41, 5.74) is 5.75. The van der Waals surface area contributed by atoms with Gasteiger partial charge in [0.25, 0.3) is 0 Å². The maximum atomic E-state index is 11.6. The molecule has 0 spiro atoms. The Morgan fingerprint density at radius 2 is 1.82 bits per heavy atom. The molecule has 0 fully saturated rings. The van der Waals surface area contributed by atoms with E-state index < -0.39 is 12.1 Å². The van der Waals surface area contributed by atoms with Crippen LogP contribution in [0.25, 0.3) is 0 Å². The molecule has 0 heterocycles. The minimum atomic E-state index is -0.472. The molecular formula is C13H28N2O2. The Morgan fingerprint density at radius 1 is 1.29 bits per heavy atom. The van der Waals surface area contributed by atoms with Crippen molar-refractivity contribution in [2.24, 2.45) is 17.6 Å². The third kappa shape index (κ3) is 6.64. The number of aliphatic hydroxyl groups is 1. The smallest absolute Gasteiger partial charge is 0.237 e. The fourth-order valence-corrected chi connectivity index (χ4v) is 1.95. The summed E-state index contributed by atoms with van der Waals surface area (Å²) >= 11 is 0. The van der Waals surface area contributed by atoms with Crippen LogP contribution in [0.2, 0.25) is 0 Å². The molecule has 0 saturated carbocycles. The van der Waals surface area contributed by atoms with E-state index in [0.29, 0.717) is 18.9 Å². The van der Waals surface area contributed by atoms with Gasteiger partial charge in [0.05, 0.1) is 12.1 Å². The summed E-state index contributed by atoms with van der Waals surface area (Å²) < 4.78 is 0. The summed E-state index contributed by atoms with van der Waals surface area (Å²) in [5.74, 6) is 0.486. The molecule has 0 aromatic heterocycles. The Hall–Kier alpha value is -0.610. The van der Waals surface area contributed by atoms with Crippen molar-refractivity contribution in [3.05, 3.63) is 0 Å². The molecule has 0 aromatic carbocycles. The van der Waals surface area contributed by atoms with Gasteiger partial charge in [0.15, 0.2) is 0 Å². The maximum Gasteiger partial charge on any atom is 0.237 e. The summed E-state index contributed by atoms with van der Waals surface area (Å²) in [6.07, 6.45) is 2.05. The molecule has 0 saturated heterocycles. The second kappa shape index (κ2) is 8.48. The zero-order valence-electron chi connectivity index (χ0n) is 11.6. The van der Waals surface area contributed by atoms with Crippen LogP contribution in [0.1, 0.15) is 47.0 Å². The van der Waals surface area contributed by atoms with E-state index in [1.54, 1.807) is 0 Å². The van der Waals surface area contributed by atoms with E-state index in [4.69, 9.17) is 5.73 Å². The number of hydrogen-bond acceptors (Lipinski definition) is 3. The average molecular weight is 244 g/mol. The van der Waals surface area contributed by atoms with Crippen LogP contribution in [0.15, 0.2) is 0 Å². The molecule has 2 atom stereocenters. The van der Waals surface area contributed by atoms with E-state index in [1.165, 1.54) is 0 Å². The summed E-state index contributed by atoms with van der Waals surface area (Å²) in [6, 6.07) is -0.469. The lowest BCUT2D eigenvalue weighted by Gasteiger charge is -2.21. The Kier molecular flexibility index (Phi) is 8.17. The first kappa shape index (κ1) is 16.4. The van der Waals surface area contributed by atoms with Gasteiger partial charge in [-0.25, -0.2) is 0 Å². The van der Waals surface area contributed by atoms with Gasteiger partial charge in [-0.05, 0) is 18.3 Å². The highest BCUT2D eigenvalue weighted by Crippen LogP contribution is 2.12. The van der Waals surface area contributed by atoms with Crippen LogP contribution < -0.4 is 11.1 Å². The van der Waals surface area contributed by atoms with Crippen LogP contribution in [0, 0.1) is 11.8 Å². The largest absolute Gasteiger partial charge is 0.391 e. The van der Waals surface area contributed by atoms with E-state index in [1.807, 2.05) is 27.7 Å². The molecule has 102 valence electrons. The number of nitrogens with one attached hydrogen (secondary N) is 1. The minimum absolute atomic E-state index is 0.163. The van der Waals surface area contributed by atoms with Gasteiger partial charge in [-0.1, -0.05) is 40.5 Å². The number of carbonyl (C=O) groups excluding carboxylic acids is 1. The fourth-order valence-electron chi connectivity index (χ4n) is 1.95. The molecule has 0 aliphatic rings. The number of aliphatic hydroxyl groups excluding tert-OH is 1. The molecule has 4 heteroatoms. The molecule has 0 aromatic rings. The van der Waals surface area contributed by atoms with E-state index in [9.17, 15) is 9.90 Å². The van der Waals surface area contributed by atoms with E-state index in [2.05, 4.69) is 5.32 Å². The second-order valence-corrected chi connectivity index (χ2v) is 5.13. The zero-order valence-corrected chi connectivity index (χ0v) is 11.6. The van der Waals surface area contributed by atoms with Gasteiger partial charge in [-0.2, -0.15) is 0 Å². The van der Waals surface area contributed by atoms with Gasteiger partial charge < -0.3 is 16.2 Å². The number of hydrogen-bond donors (Lipinski definition) is 3. The predicted molar refractivity (Wildman–Crippen MR) is 70.5 cm³/mol. The SMILES string of the molecule is CCC(CC)C(O)CNC(=O)C(N)CC(C)C. The molecule has 4 nitrogen and oxygen atoms in total. The van der Waals surface area contributed by atoms with Gasteiger partial charge in [-0.3, -0.25) is 4.79 Å². The third-order valence-electron chi connectivity index (χ3n) is 3.14. The Balaban J connectivity index is 3.98. The quantitative estimate of drug-likeness (QED) is 0.602. The lowest BCUT2D eigenvalue weighted by Crippen LogP contribution is -2.45. The van der Waals surface area contributed by atoms with Crippen LogP contribution in [-0.4, -0.2) is 29.7 Å². The van der Waals surface area contributed by atoms with E-state index in [0.717, 1.165) is 12.8 Å². The first-order chi connectivity index (χ1) is 7.92. The topological polar surface area (TPSA) is 75.3 Å². The van der Waals surface area contributed by atoms with Crippen molar-refractivity contribution in [1.29, 1.82) is 0 Å². The predicted octanol–water partition coefficient (Wildman–Crippen LogP) is 1.27. The standard InChI is InChI=1S/C13H28N2O2/c1-5-10(6-2)12(16)8-15-13(17)11(14)7-9(3)4/h9-12,16H,5-8,14H2,1-4H3,(H,15,17). The molecule has 1 amide bonds. The molecule has 0 rings (SSSR count). The van der Waals surface area contributed by atoms with Crippen molar-refractivity contribution in [3.8, 4) is 0 Å². The Labute approximate surface area is 105 Å². The van der Waals surface area contributed by atoms with Crippen molar-refractivity contribution in [1.82, 2.24) is 5.32 Å². The Bertz CT molecular complexity index is 215. The van der Waals surface area contributed by atoms with Gasteiger partial charge in [0, 0.05) is 6.54 Å². The molecule has 0 aliphatic carbocycles. The molecule has 0 radical (unpaired) electrons. The monoisotopic (exact) mass is 244 g/mol. The first-order valence-corrected chi connectivity index (χ1v) is 6.63. The van der Waals surface area contributed by atoms with E-state index >= 15 is 0 Å². The highest BCUT2D eigenvalue weighted by atomic mass is 16.3. The van der Waals surface area contributed by atoms with Crippen molar-refractivity contribution >= 4 is 5.91 Å². The second-order valence-electron chi connectivity index (χ2n) is 5.13. The van der Waals surface area contributed by atoms with Crippen molar-refractivity contribution in [3.63, 3.8) is 0 Å². The molecule has 0 aliphatic heterocycles. The van der Waals surface area contributed by atoms with Crippen LogP contribution in [0.5, 0.6) is 0 Å². The van der Waals surface area contributed by atoms with Crippen molar-refractivity contribution in [2.75, 3.05) is 6.54 Å². The third-order valence-corrected chi connectivity index (χ3v) is 3.14. The minimum Gasteiger partial charge on any atom is -0.391 e. The molecule has 2 unspecified atom stereocenters. The molecule has 17 heavy (non-hydrogen) atoms. The van der Waals surface area contributed by atoms with Crippen molar-refractivity contribution in [2.45, 2.75) is 59.1 Å². The van der Waals surface area contributed by atoms with Crippen LogP contribution in [0.4, 0.5) is 0 Å². The van der Waals surface area contributed by atoms with Crippen LogP contribution in [-0.2, 0) is 4.79 Å². The number of rotatable bonds is 8. The number of carbonyl (C=O) groups is 1.